The molecule has 1 aromatic carbocycles. The maximum atomic E-state index is 12.5. The molecular formula is C15H19N3O2. The Bertz CT molecular complexity index is 650. The Balaban J connectivity index is 1.90. The second-order valence-corrected chi connectivity index (χ2v) is 5.37. The third-order valence-electron chi connectivity index (χ3n) is 3.90. The topological polar surface area (TPSA) is 47.4 Å². The van der Waals surface area contributed by atoms with Crippen LogP contribution in [0.1, 0.15) is 19.8 Å². The third-order valence-corrected chi connectivity index (χ3v) is 3.90. The van der Waals surface area contributed by atoms with Gasteiger partial charge in [0, 0.05) is 14.1 Å². The van der Waals surface area contributed by atoms with Crippen molar-refractivity contribution in [3.05, 3.63) is 24.3 Å². The number of imidazole rings is 1. The second-order valence-electron chi connectivity index (χ2n) is 5.37. The van der Waals surface area contributed by atoms with Crippen LogP contribution in [0.5, 0.6) is 0 Å². The lowest BCUT2D eigenvalue weighted by atomic mass is 10.2. The minimum absolute atomic E-state index is 0.0206. The number of rotatable bonds is 2. The SMILES string of the molecule is CC1CCC(C(=O)N(C)c2nc3ccccc3n2C)O1. The number of fused-ring (bicyclic) bond motifs is 1. The summed E-state index contributed by atoms with van der Waals surface area (Å²) in [5.41, 5.74) is 1.91. The molecule has 2 atom stereocenters. The van der Waals surface area contributed by atoms with Gasteiger partial charge >= 0.3 is 0 Å². The Kier molecular flexibility index (Phi) is 3.22. The van der Waals surface area contributed by atoms with E-state index in [1.165, 1.54) is 0 Å². The maximum absolute atomic E-state index is 12.5. The van der Waals surface area contributed by atoms with Gasteiger partial charge in [-0.25, -0.2) is 4.98 Å². The van der Waals surface area contributed by atoms with E-state index >= 15 is 0 Å². The van der Waals surface area contributed by atoms with E-state index in [1.54, 1.807) is 11.9 Å². The number of amides is 1. The number of carbonyl (C=O) groups is 1. The predicted molar refractivity (Wildman–Crippen MR) is 77.7 cm³/mol. The molecule has 5 nitrogen and oxygen atoms in total. The number of likely N-dealkylation sites (N-methyl/N-ethyl adjacent to an activating group) is 1. The lowest BCUT2D eigenvalue weighted by molar-refractivity contribution is -0.128. The molecule has 1 aliphatic rings. The molecule has 2 aromatic rings. The Labute approximate surface area is 118 Å². The van der Waals surface area contributed by atoms with Gasteiger partial charge in [-0.05, 0) is 31.9 Å². The first kappa shape index (κ1) is 13.1. The van der Waals surface area contributed by atoms with Gasteiger partial charge in [0.25, 0.3) is 5.91 Å². The fraction of sp³-hybridized carbons (Fsp3) is 0.467. The number of aromatic nitrogens is 2. The highest BCUT2D eigenvalue weighted by molar-refractivity contribution is 5.96. The van der Waals surface area contributed by atoms with Crippen LogP contribution in [-0.2, 0) is 16.6 Å². The molecule has 0 aliphatic carbocycles. The van der Waals surface area contributed by atoms with Crippen molar-refractivity contribution in [1.29, 1.82) is 0 Å². The lowest BCUT2D eigenvalue weighted by Crippen LogP contribution is -2.37. The first-order chi connectivity index (χ1) is 9.58. The summed E-state index contributed by atoms with van der Waals surface area (Å²) >= 11 is 0. The largest absolute Gasteiger partial charge is 0.365 e. The van der Waals surface area contributed by atoms with E-state index in [4.69, 9.17) is 4.74 Å². The molecule has 1 fully saturated rings. The normalized spacial score (nSPS) is 22.4. The summed E-state index contributed by atoms with van der Waals surface area (Å²) in [6.07, 6.45) is 1.55. The monoisotopic (exact) mass is 273 g/mol. The summed E-state index contributed by atoms with van der Waals surface area (Å²) < 4.78 is 7.59. The lowest BCUT2D eigenvalue weighted by Gasteiger charge is -2.20. The van der Waals surface area contributed by atoms with Crippen LogP contribution < -0.4 is 4.90 Å². The van der Waals surface area contributed by atoms with E-state index in [1.807, 2.05) is 42.8 Å². The molecule has 0 saturated carbocycles. The predicted octanol–water partition coefficient (Wildman–Crippen LogP) is 2.10. The first-order valence-electron chi connectivity index (χ1n) is 6.92. The van der Waals surface area contributed by atoms with Gasteiger partial charge < -0.3 is 9.30 Å². The van der Waals surface area contributed by atoms with Crippen molar-refractivity contribution < 1.29 is 9.53 Å². The fourth-order valence-electron chi connectivity index (χ4n) is 2.73. The van der Waals surface area contributed by atoms with Crippen molar-refractivity contribution in [1.82, 2.24) is 9.55 Å². The van der Waals surface area contributed by atoms with Crippen molar-refractivity contribution in [2.45, 2.75) is 32.0 Å². The number of ether oxygens (including phenoxy) is 1. The summed E-state index contributed by atoms with van der Waals surface area (Å²) in [6.45, 7) is 2.00. The molecule has 106 valence electrons. The molecular weight excluding hydrogens is 254 g/mol. The second kappa shape index (κ2) is 4.90. The Morgan fingerprint density at radius 2 is 2.15 bits per heavy atom. The Morgan fingerprint density at radius 1 is 1.40 bits per heavy atom. The average molecular weight is 273 g/mol. The molecule has 1 aromatic heterocycles. The molecule has 1 saturated heterocycles. The minimum atomic E-state index is -0.338. The Morgan fingerprint density at radius 3 is 2.80 bits per heavy atom. The van der Waals surface area contributed by atoms with Crippen molar-refractivity contribution in [3.8, 4) is 0 Å². The van der Waals surface area contributed by atoms with Gasteiger partial charge in [-0.1, -0.05) is 12.1 Å². The van der Waals surface area contributed by atoms with Crippen LogP contribution in [0.3, 0.4) is 0 Å². The van der Waals surface area contributed by atoms with E-state index in [0.29, 0.717) is 5.95 Å². The van der Waals surface area contributed by atoms with Gasteiger partial charge in [0.05, 0.1) is 17.1 Å². The summed E-state index contributed by atoms with van der Waals surface area (Å²) in [7, 11) is 3.68. The number of aryl methyl sites for hydroxylation is 1. The quantitative estimate of drug-likeness (QED) is 0.842. The van der Waals surface area contributed by atoms with Crippen molar-refractivity contribution in [3.63, 3.8) is 0 Å². The number of hydrogen-bond donors (Lipinski definition) is 0. The van der Waals surface area contributed by atoms with Crippen molar-refractivity contribution in [2.75, 3.05) is 11.9 Å². The van der Waals surface area contributed by atoms with Crippen LogP contribution >= 0.6 is 0 Å². The number of para-hydroxylation sites is 2. The molecule has 2 heterocycles. The van der Waals surface area contributed by atoms with Gasteiger partial charge in [0.1, 0.15) is 6.10 Å². The van der Waals surface area contributed by atoms with E-state index in [0.717, 1.165) is 23.9 Å². The minimum Gasteiger partial charge on any atom is -0.365 e. The first-order valence-corrected chi connectivity index (χ1v) is 6.92. The standard InChI is InChI=1S/C15H19N3O2/c1-10-8-9-13(20-10)14(19)18(3)15-16-11-6-4-5-7-12(11)17(15)2/h4-7,10,13H,8-9H2,1-3H3. The van der Waals surface area contributed by atoms with Crippen LogP contribution in [0.15, 0.2) is 24.3 Å². The van der Waals surface area contributed by atoms with Crippen LogP contribution in [0.25, 0.3) is 11.0 Å². The van der Waals surface area contributed by atoms with E-state index < -0.39 is 0 Å². The molecule has 0 N–H and O–H groups in total. The molecule has 1 amide bonds. The van der Waals surface area contributed by atoms with Gasteiger partial charge in [0.2, 0.25) is 5.95 Å². The fourth-order valence-corrected chi connectivity index (χ4v) is 2.73. The van der Waals surface area contributed by atoms with Gasteiger partial charge in [-0.15, -0.1) is 0 Å². The van der Waals surface area contributed by atoms with Crippen molar-refractivity contribution >= 4 is 22.9 Å². The van der Waals surface area contributed by atoms with Crippen LogP contribution in [-0.4, -0.2) is 34.7 Å². The summed E-state index contributed by atoms with van der Waals surface area (Å²) in [4.78, 5) is 18.6. The number of benzene rings is 1. The highest BCUT2D eigenvalue weighted by Gasteiger charge is 2.32. The van der Waals surface area contributed by atoms with E-state index in [-0.39, 0.29) is 18.1 Å². The zero-order chi connectivity index (χ0) is 14.3. The van der Waals surface area contributed by atoms with Gasteiger partial charge in [-0.3, -0.25) is 9.69 Å². The summed E-state index contributed by atoms with van der Waals surface area (Å²) in [5.74, 6) is 0.632. The summed E-state index contributed by atoms with van der Waals surface area (Å²) in [6, 6.07) is 7.86. The molecule has 3 rings (SSSR count). The highest BCUT2D eigenvalue weighted by atomic mass is 16.5. The highest BCUT2D eigenvalue weighted by Crippen LogP contribution is 2.24. The zero-order valence-corrected chi connectivity index (χ0v) is 12.0. The smallest absolute Gasteiger partial charge is 0.258 e. The number of carbonyl (C=O) groups excluding carboxylic acids is 1. The van der Waals surface area contributed by atoms with Gasteiger partial charge in [-0.2, -0.15) is 0 Å². The summed E-state index contributed by atoms with van der Waals surface area (Å²) in [5, 5.41) is 0. The number of nitrogens with zero attached hydrogens (tertiary/aromatic N) is 3. The maximum Gasteiger partial charge on any atom is 0.258 e. The van der Waals surface area contributed by atoms with Crippen molar-refractivity contribution in [2.24, 2.45) is 7.05 Å². The van der Waals surface area contributed by atoms with E-state index in [2.05, 4.69) is 4.98 Å². The molecule has 2 unspecified atom stereocenters. The molecule has 5 heteroatoms. The molecule has 20 heavy (non-hydrogen) atoms. The molecule has 0 spiro atoms. The van der Waals surface area contributed by atoms with Gasteiger partial charge in [0.15, 0.2) is 0 Å². The molecule has 0 radical (unpaired) electrons. The van der Waals surface area contributed by atoms with Crippen LogP contribution in [0.4, 0.5) is 5.95 Å². The molecule has 0 bridgehead atoms. The van der Waals surface area contributed by atoms with E-state index in [9.17, 15) is 4.79 Å². The Hall–Kier alpha value is -1.88. The van der Waals surface area contributed by atoms with Crippen LogP contribution in [0, 0.1) is 0 Å². The number of hydrogen-bond acceptors (Lipinski definition) is 3. The average Bonchev–Trinajstić information content (AvgIpc) is 3.02. The molecule has 1 aliphatic heterocycles. The van der Waals surface area contributed by atoms with Crippen LogP contribution in [0.2, 0.25) is 0 Å². The zero-order valence-electron chi connectivity index (χ0n) is 12.0. The number of anilines is 1. The third kappa shape index (κ3) is 2.08.